The summed E-state index contributed by atoms with van der Waals surface area (Å²) in [5.41, 5.74) is 3.13. The molecule has 0 N–H and O–H groups in total. The lowest BCUT2D eigenvalue weighted by Crippen LogP contribution is -2.05. The third-order valence-corrected chi connectivity index (χ3v) is 2.78. The van der Waals surface area contributed by atoms with E-state index < -0.39 is 0 Å². The van der Waals surface area contributed by atoms with Crippen LogP contribution in [0.5, 0.6) is 0 Å². The van der Waals surface area contributed by atoms with Gasteiger partial charge in [-0.25, -0.2) is 4.79 Å². The first kappa shape index (κ1) is 9.31. The van der Waals surface area contributed by atoms with Gasteiger partial charge >= 0.3 is 5.97 Å². The Morgan fingerprint density at radius 1 is 1.64 bits per heavy atom. The van der Waals surface area contributed by atoms with Gasteiger partial charge in [0.15, 0.2) is 0 Å². The molecule has 3 nitrogen and oxygen atoms in total. The normalized spacial score (nSPS) is 14.1. The Kier molecular flexibility index (Phi) is 2.32. The first-order valence-corrected chi connectivity index (χ1v) is 5.09. The number of carbonyl (C=O) groups excluding carboxylic acids is 1. The first-order chi connectivity index (χ1) is 6.74. The minimum atomic E-state index is -0.188. The predicted molar refractivity (Wildman–Crippen MR) is 53.4 cm³/mol. The monoisotopic (exact) mass is 193 g/mol. The van der Waals surface area contributed by atoms with Gasteiger partial charge < -0.3 is 9.30 Å². The van der Waals surface area contributed by atoms with E-state index in [1.807, 2.05) is 20.0 Å². The first-order valence-electron chi connectivity index (χ1n) is 5.09. The van der Waals surface area contributed by atoms with Gasteiger partial charge in [-0.1, -0.05) is 0 Å². The summed E-state index contributed by atoms with van der Waals surface area (Å²) in [5, 5.41) is 0. The van der Waals surface area contributed by atoms with Crippen molar-refractivity contribution in [1.29, 1.82) is 0 Å². The van der Waals surface area contributed by atoms with Crippen molar-refractivity contribution >= 4 is 5.97 Å². The second kappa shape index (κ2) is 3.48. The van der Waals surface area contributed by atoms with Gasteiger partial charge in [0.2, 0.25) is 0 Å². The number of rotatable bonds is 2. The highest BCUT2D eigenvalue weighted by molar-refractivity contribution is 5.91. The summed E-state index contributed by atoms with van der Waals surface area (Å²) in [7, 11) is 0. The topological polar surface area (TPSA) is 31.2 Å². The molecule has 0 amide bonds. The molecule has 1 aromatic heterocycles. The molecule has 0 spiro atoms. The molecule has 0 fully saturated rings. The van der Waals surface area contributed by atoms with E-state index in [1.165, 1.54) is 12.1 Å². The zero-order valence-electron chi connectivity index (χ0n) is 8.67. The maximum atomic E-state index is 11.5. The highest BCUT2D eigenvalue weighted by atomic mass is 16.5. The molecule has 0 atom stereocenters. The Labute approximate surface area is 83.7 Å². The van der Waals surface area contributed by atoms with Crippen LogP contribution in [-0.2, 0) is 17.7 Å². The zero-order valence-corrected chi connectivity index (χ0v) is 8.67. The van der Waals surface area contributed by atoms with E-state index in [0.29, 0.717) is 6.61 Å². The molecule has 1 aliphatic heterocycles. The molecule has 2 heterocycles. The SMILES string of the molecule is CCOC(=O)c1cn2c(c1C)CCC2. The molecule has 0 bridgehead atoms. The number of hydrogen-bond acceptors (Lipinski definition) is 2. The number of carbonyl (C=O) groups is 1. The zero-order chi connectivity index (χ0) is 10.1. The van der Waals surface area contributed by atoms with Crippen molar-refractivity contribution in [3.05, 3.63) is 23.0 Å². The molecule has 0 aromatic carbocycles. The smallest absolute Gasteiger partial charge is 0.339 e. The van der Waals surface area contributed by atoms with Gasteiger partial charge in [0.05, 0.1) is 12.2 Å². The van der Waals surface area contributed by atoms with Crippen LogP contribution in [0.4, 0.5) is 0 Å². The van der Waals surface area contributed by atoms with E-state index in [-0.39, 0.29) is 5.97 Å². The number of fused-ring (bicyclic) bond motifs is 1. The summed E-state index contributed by atoms with van der Waals surface area (Å²) in [5.74, 6) is -0.188. The van der Waals surface area contributed by atoms with Gasteiger partial charge in [-0.3, -0.25) is 0 Å². The highest BCUT2D eigenvalue weighted by Gasteiger charge is 2.21. The average Bonchev–Trinajstić information content (AvgIpc) is 2.69. The number of esters is 1. The van der Waals surface area contributed by atoms with Crippen molar-refractivity contribution in [2.24, 2.45) is 0 Å². The van der Waals surface area contributed by atoms with Crippen molar-refractivity contribution in [2.75, 3.05) is 6.61 Å². The predicted octanol–water partition coefficient (Wildman–Crippen LogP) is 1.92. The Morgan fingerprint density at radius 3 is 3.07 bits per heavy atom. The molecule has 1 aliphatic rings. The Balaban J connectivity index is 2.32. The maximum Gasteiger partial charge on any atom is 0.339 e. The number of nitrogens with zero attached hydrogens (tertiary/aromatic N) is 1. The highest BCUT2D eigenvalue weighted by Crippen LogP contribution is 2.24. The van der Waals surface area contributed by atoms with Gasteiger partial charge in [-0.05, 0) is 32.3 Å². The van der Waals surface area contributed by atoms with Gasteiger partial charge in [0.25, 0.3) is 0 Å². The molecular weight excluding hydrogens is 178 g/mol. The van der Waals surface area contributed by atoms with Crippen LogP contribution in [0.25, 0.3) is 0 Å². The van der Waals surface area contributed by atoms with Crippen LogP contribution in [0, 0.1) is 6.92 Å². The van der Waals surface area contributed by atoms with Crippen LogP contribution in [-0.4, -0.2) is 17.1 Å². The molecule has 3 heteroatoms. The lowest BCUT2D eigenvalue weighted by Gasteiger charge is -2.00. The van der Waals surface area contributed by atoms with E-state index in [2.05, 4.69) is 4.57 Å². The van der Waals surface area contributed by atoms with Gasteiger partial charge in [-0.15, -0.1) is 0 Å². The molecule has 2 rings (SSSR count). The standard InChI is InChI=1S/C11H15NO2/c1-3-14-11(13)9-7-12-6-4-5-10(12)8(9)2/h7H,3-6H2,1-2H3. The second-order valence-corrected chi connectivity index (χ2v) is 3.63. The maximum absolute atomic E-state index is 11.5. The Bertz CT molecular complexity index is 366. The summed E-state index contributed by atoms with van der Waals surface area (Å²) < 4.78 is 7.16. The van der Waals surface area contributed by atoms with E-state index in [9.17, 15) is 4.79 Å². The average molecular weight is 193 g/mol. The van der Waals surface area contributed by atoms with Crippen molar-refractivity contribution < 1.29 is 9.53 Å². The summed E-state index contributed by atoms with van der Waals surface area (Å²) in [6, 6.07) is 0. The Hall–Kier alpha value is -1.25. The Morgan fingerprint density at radius 2 is 2.43 bits per heavy atom. The fourth-order valence-corrected chi connectivity index (χ4v) is 2.06. The van der Waals surface area contributed by atoms with Crippen LogP contribution < -0.4 is 0 Å². The molecule has 76 valence electrons. The third kappa shape index (κ3) is 1.33. The fraction of sp³-hybridized carbons (Fsp3) is 0.545. The summed E-state index contributed by atoms with van der Waals surface area (Å²) >= 11 is 0. The molecule has 14 heavy (non-hydrogen) atoms. The second-order valence-electron chi connectivity index (χ2n) is 3.63. The van der Waals surface area contributed by atoms with E-state index in [0.717, 1.165) is 24.1 Å². The third-order valence-electron chi connectivity index (χ3n) is 2.78. The van der Waals surface area contributed by atoms with E-state index in [1.54, 1.807) is 0 Å². The summed E-state index contributed by atoms with van der Waals surface area (Å²) in [4.78, 5) is 11.5. The van der Waals surface area contributed by atoms with E-state index >= 15 is 0 Å². The lowest BCUT2D eigenvalue weighted by molar-refractivity contribution is 0.0525. The van der Waals surface area contributed by atoms with Crippen LogP contribution >= 0.6 is 0 Å². The van der Waals surface area contributed by atoms with Crippen LogP contribution in [0.3, 0.4) is 0 Å². The van der Waals surface area contributed by atoms with Crippen molar-refractivity contribution in [2.45, 2.75) is 33.2 Å². The molecule has 0 unspecified atom stereocenters. The van der Waals surface area contributed by atoms with Gasteiger partial charge in [-0.2, -0.15) is 0 Å². The molecular formula is C11H15NO2. The van der Waals surface area contributed by atoms with Crippen molar-refractivity contribution in [3.8, 4) is 0 Å². The number of hydrogen-bond donors (Lipinski definition) is 0. The summed E-state index contributed by atoms with van der Waals surface area (Å²) in [6.07, 6.45) is 4.21. The minimum Gasteiger partial charge on any atom is -0.462 e. The summed E-state index contributed by atoms with van der Waals surface area (Å²) in [6.45, 7) is 5.31. The molecule has 0 radical (unpaired) electrons. The van der Waals surface area contributed by atoms with E-state index in [4.69, 9.17) is 4.74 Å². The number of aromatic nitrogens is 1. The molecule has 0 saturated heterocycles. The molecule has 0 aliphatic carbocycles. The minimum absolute atomic E-state index is 0.188. The van der Waals surface area contributed by atoms with Crippen LogP contribution in [0.15, 0.2) is 6.20 Å². The van der Waals surface area contributed by atoms with Gasteiger partial charge in [0.1, 0.15) is 0 Å². The van der Waals surface area contributed by atoms with Crippen LogP contribution in [0.1, 0.15) is 35.0 Å². The quantitative estimate of drug-likeness (QED) is 0.672. The van der Waals surface area contributed by atoms with Gasteiger partial charge in [0, 0.05) is 18.4 Å². The number of ether oxygens (including phenoxy) is 1. The van der Waals surface area contributed by atoms with Crippen LogP contribution in [0.2, 0.25) is 0 Å². The van der Waals surface area contributed by atoms with Crippen molar-refractivity contribution in [1.82, 2.24) is 4.57 Å². The van der Waals surface area contributed by atoms with Crippen molar-refractivity contribution in [3.63, 3.8) is 0 Å². The fourth-order valence-electron chi connectivity index (χ4n) is 2.06. The number of aryl methyl sites for hydroxylation is 1. The molecule has 0 saturated carbocycles. The largest absolute Gasteiger partial charge is 0.462 e. The lowest BCUT2D eigenvalue weighted by atomic mass is 10.1. The molecule has 1 aromatic rings.